The molecule has 0 saturated heterocycles. The summed E-state index contributed by atoms with van der Waals surface area (Å²) in [6.07, 6.45) is 0. The van der Waals surface area contributed by atoms with E-state index < -0.39 is 0 Å². The third-order valence-electron chi connectivity index (χ3n) is 21.7. The van der Waals surface area contributed by atoms with E-state index >= 15 is 0 Å². The predicted octanol–water partition coefficient (Wildman–Crippen LogP) is 24.0. The molecule has 0 amide bonds. The Kier molecular flexibility index (Phi) is 12.8. The zero-order valence-corrected chi connectivity index (χ0v) is 58.9. The van der Waals surface area contributed by atoms with Gasteiger partial charge in [-0.3, -0.25) is 0 Å². The number of para-hydroxylation sites is 3. The lowest BCUT2D eigenvalue weighted by Crippen LogP contribution is -2.61. The summed E-state index contributed by atoms with van der Waals surface area (Å²) in [5.74, 6) is 0. The molecule has 0 bridgehead atoms. The second kappa shape index (κ2) is 22.8. The Balaban J connectivity index is 0.917. The minimum absolute atomic E-state index is 0.0739. The van der Waals surface area contributed by atoms with Crippen LogP contribution in [0.2, 0.25) is 0 Å². The Bertz CT molecular complexity index is 6340. The van der Waals surface area contributed by atoms with E-state index in [0.717, 1.165) is 139 Å². The number of aromatic nitrogens is 3. The van der Waals surface area contributed by atoms with Crippen molar-refractivity contribution in [1.82, 2.24) is 13.7 Å². The molecule has 14 aromatic carbocycles. The average Bonchev–Trinajstić information content (AvgIpc) is 0.909. The molecule has 2 aliphatic heterocycles. The van der Waals surface area contributed by atoms with Crippen LogP contribution >= 0.6 is 0 Å². The zero-order valence-electron chi connectivity index (χ0n) is 62.9. The summed E-state index contributed by atoms with van der Waals surface area (Å²) in [6, 6.07) is 104. The number of nitrogens with zero attached hydrogens (tertiary/aromatic N) is 5. The van der Waals surface area contributed by atoms with Gasteiger partial charge in [-0.1, -0.05) is 244 Å². The molecule has 19 rings (SSSR count). The van der Waals surface area contributed by atoms with Gasteiger partial charge in [-0.25, -0.2) is 0 Å². The molecule has 0 fully saturated rings. The molecule has 2 aliphatic rings. The van der Waals surface area contributed by atoms with E-state index in [9.17, 15) is 5.48 Å². The smallest absolute Gasteiger partial charge is 0.252 e. The fraction of sp³-hybridized carbons (Fsp3) is 0.125. The maximum Gasteiger partial charge on any atom is 0.252 e. The van der Waals surface area contributed by atoms with E-state index in [4.69, 9.17) is 0 Å². The lowest BCUT2D eigenvalue weighted by molar-refractivity contribution is 0.590. The van der Waals surface area contributed by atoms with E-state index in [1.165, 1.54) is 32.9 Å². The first-order chi connectivity index (χ1) is 51.1. The largest absolute Gasteiger partial charge is 0.311 e. The number of hydrogen-bond donors (Lipinski definition) is 0. The Hall–Kier alpha value is -11.9. The normalized spacial score (nSPS) is 13.6. The topological polar surface area (TPSA) is 21.3 Å². The van der Waals surface area contributed by atoms with Gasteiger partial charge in [-0.2, -0.15) is 0 Å². The first-order valence-corrected chi connectivity index (χ1v) is 35.8. The minimum atomic E-state index is -0.347. The second-order valence-electron chi connectivity index (χ2n) is 31.1. The Morgan fingerprint density at radius 1 is 0.255 bits per heavy atom. The third-order valence-corrected chi connectivity index (χ3v) is 21.7. The first-order valence-electron chi connectivity index (χ1n) is 37.8. The Labute approximate surface area is 603 Å². The van der Waals surface area contributed by atoms with Gasteiger partial charge in [0.15, 0.2) is 0 Å². The first kappa shape index (κ1) is 57.0. The summed E-state index contributed by atoms with van der Waals surface area (Å²) in [4.78, 5) is 5.07. The lowest BCUT2D eigenvalue weighted by atomic mass is 9.33. The summed E-state index contributed by atoms with van der Waals surface area (Å²) >= 11 is 0. The van der Waals surface area contributed by atoms with Crippen molar-refractivity contribution < 1.29 is 5.48 Å². The molecular weight excluding hydrogens is 1230 g/mol. The predicted molar refractivity (Wildman–Crippen MR) is 436 cm³/mol. The van der Waals surface area contributed by atoms with Crippen LogP contribution in [0.4, 0.5) is 34.1 Å². The van der Waals surface area contributed by atoms with Crippen LogP contribution in [0.3, 0.4) is 0 Å². The highest BCUT2D eigenvalue weighted by Crippen LogP contribution is 2.50. The third kappa shape index (κ3) is 9.74. The highest BCUT2D eigenvalue weighted by molar-refractivity contribution is 7.00. The minimum Gasteiger partial charge on any atom is -0.311 e. The molecule has 0 atom stereocenters. The molecule has 0 radical (unpaired) electrons. The summed E-state index contributed by atoms with van der Waals surface area (Å²) in [7, 11) is 0. The Morgan fingerprint density at radius 2 is 0.657 bits per heavy atom. The van der Waals surface area contributed by atoms with Crippen molar-refractivity contribution in [3.05, 3.63) is 326 Å². The van der Waals surface area contributed by atoms with Gasteiger partial charge in [-0.15, -0.1) is 0 Å². The molecule has 0 spiro atoms. The molecule has 102 heavy (non-hydrogen) atoms. The van der Waals surface area contributed by atoms with Crippen LogP contribution in [0, 0.1) is 0 Å². The molecule has 490 valence electrons. The van der Waals surface area contributed by atoms with Gasteiger partial charge >= 0.3 is 0 Å². The van der Waals surface area contributed by atoms with Crippen molar-refractivity contribution in [3.8, 4) is 50.4 Å². The lowest BCUT2D eigenvalue weighted by Gasteiger charge is -2.45. The van der Waals surface area contributed by atoms with Crippen molar-refractivity contribution in [3.63, 3.8) is 0 Å². The van der Waals surface area contributed by atoms with E-state index in [0.29, 0.717) is 10.9 Å². The number of benzene rings is 14. The maximum absolute atomic E-state index is 9.98. The molecule has 5 heterocycles. The van der Waals surface area contributed by atoms with E-state index in [2.05, 4.69) is 371 Å². The quantitative estimate of drug-likeness (QED) is 0.141. The molecule has 17 aromatic rings. The standard InChI is InChI=1S/C96H78BN5/c1-94(2,3)67-40-47-86-78(54-67)79-55-68(95(4,5)6)41-48-87(79)100(86)73-43-46-82-90(60-73)102(74-52-65(62-28-15-11-16-29-62)50-66(53-74)63-30-17-12-18-31-63)92-57-69(96(7,8)9)56-91-93(92)97(82)81-45-42-72(59-89(81)101(91)70-33-25-32-64(51-70)61-26-13-10-14-27-61)99-85-39-24-21-36-77(85)80-58-71(44-49-88(80)99)98-83-37-22-19-34-75(83)76-35-20-23-38-84(76)98/h10-60H,1-9H3/i21D,24D,36D,39D. The van der Waals surface area contributed by atoms with Gasteiger partial charge in [0.2, 0.25) is 0 Å². The van der Waals surface area contributed by atoms with Crippen LogP contribution in [-0.4, -0.2) is 20.4 Å². The number of fused-ring (bicyclic) bond motifs is 13. The maximum atomic E-state index is 9.98. The van der Waals surface area contributed by atoms with E-state index in [1.807, 2.05) is 0 Å². The van der Waals surface area contributed by atoms with E-state index in [1.54, 1.807) is 0 Å². The molecule has 0 N–H and O–H groups in total. The van der Waals surface area contributed by atoms with Crippen molar-refractivity contribution in [2.24, 2.45) is 0 Å². The Morgan fingerprint density at radius 3 is 1.18 bits per heavy atom. The van der Waals surface area contributed by atoms with Crippen molar-refractivity contribution >= 4 is 123 Å². The van der Waals surface area contributed by atoms with Crippen LogP contribution < -0.4 is 26.2 Å². The second-order valence-corrected chi connectivity index (χ2v) is 31.1. The van der Waals surface area contributed by atoms with Crippen molar-refractivity contribution in [2.75, 3.05) is 9.80 Å². The molecule has 0 aliphatic carbocycles. The molecular formula is C96H78BN5. The van der Waals surface area contributed by atoms with Gasteiger partial charge < -0.3 is 23.5 Å². The monoisotopic (exact) mass is 1320 g/mol. The molecule has 0 saturated carbocycles. The van der Waals surface area contributed by atoms with Crippen LogP contribution in [0.5, 0.6) is 0 Å². The van der Waals surface area contributed by atoms with Crippen LogP contribution in [0.15, 0.2) is 309 Å². The number of hydrogen-bond acceptors (Lipinski definition) is 2. The summed E-state index contributed by atoms with van der Waals surface area (Å²) in [6.45, 7) is 20.5. The molecule has 6 heteroatoms. The number of rotatable bonds is 8. The average molecular weight is 1320 g/mol. The molecule has 3 aromatic heterocycles. The van der Waals surface area contributed by atoms with Gasteiger partial charge in [0.05, 0.1) is 38.6 Å². The highest BCUT2D eigenvalue weighted by atomic mass is 15.2. The van der Waals surface area contributed by atoms with Crippen LogP contribution in [0.25, 0.3) is 116 Å². The van der Waals surface area contributed by atoms with Crippen LogP contribution in [-0.2, 0) is 16.2 Å². The fourth-order valence-corrected chi connectivity index (χ4v) is 16.6. The van der Waals surface area contributed by atoms with Crippen molar-refractivity contribution in [1.29, 1.82) is 0 Å². The summed E-state index contributed by atoms with van der Waals surface area (Å²) in [5, 5.41) is 5.92. The van der Waals surface area contributed by atoms with Crippen molar-refractivity contribution in [2.45, 2.75) is 78.6 Å². The SMILES string of the molecule is [2H]c1c([2H])c([2H])c2c(c1[2H])c1cc(-n3c4ccccc4c4ccccc43)ccc1n2-c1ccc2c(c1)N(c1cccc(-c3ccccc3)c1)c1cc(C(C)(C)C)cc3c1B2c1ccc(-n2c4ccc(C(C)(C)C)cc4c4cc(C(C)(C)C)ccc42)cc1N3c1cc(-c2ccccc2)cc(-c2ccccc2)c1. The fourth-order valence-electron chi connectivity index (χ4n) is 16.6. The van der Waals surface area contributed by atoms with Gasteiger partial charge in [0.1, 0.15) is 0 Å². The number of anilines is 6. The molecule has 0 unspecified atom stereocenters. The van der Waals surface area contributed by atoms with Gasteiger partial charge in [0, 0.05) is 83.5 Å². The zero-order chi connectivity index (χ0) is 72.6. The van der Waals surface area contributed by atoms with Gasteiger partial charge in [-0.05, 0) is 210 Å². The summed E-state index contributed by atoms with van der Waals surface area (Å²) < 4.78 is 45.4. The molecule has 5 nitrogen and oxygen atoms in total. The summed E-state index contributed by atoms with van der Waals surface area (Å²) in [5.41, 5.74) is 27.8. The highest BCUT2D eigenvalue weighted by Gasteiger charge is 2.45. The van der Waals surface area contributed by atoms with E-state index in [-0.39, 0.29) is 47.1 Å². The van der Waals surface area contributed by atoms with Crippen LogP contribution in [0.1, 0.15) is 84.5 Å². The van der Waals surface area contributed by atoms with Gasteiger partial charge in [0.25, 0.3) is 6.71 Å².